The summed E-state index contributed by atoms with van der Waals surface area (Å²) in [5.74, 6) is -0.533. The van der Waals surface area contributed by atoms with Gasteiger partial charge < -0.3 is 5.73 Å². The number of hydrogen-bond acceptors (Lipinski definition) is 2. The molecule has 0 heterocycles. The number of rotatable bonds is 3. The summed E-state index contributed by atoms with van der Waals surface area (Å²) in [4.78, 5) is 11.2. The Labute approximate surface area is 81.7 Å². The van der Waals surface area contributed by atoms with Crippen LogP contribution in [0.1, 0.15) is 33.6 Å². The molecule has 5 heteroatoms. The zero-order valence-corrected chi connectivity index (χ0v) is 8.61. The van der Waals surface area contributed by atoms with Crippen LogP contribution in [-0.4, -0.2) is 18.0 Å². The van der Waals surface area contributed by atoms with Crippen molar-refractivity contribution in [3.63, 3.8) is 0 Å². The molecule has 0 saturated carbocycles. The molecule has 1 atom stereocenters. The van der Waals surface area contributed by atoms with Crippen molar-refractivity contribution in [1.29, 1.82) is 0 Å². The number of hydrogen-bond donors (Lipinski definition) is 1. The second kappa shape index (κ2) is 4.29. The van der Waals surface area contributed by atoms with Crippen molar-refractivity contribution >= 4 is 5.78 Å². The predicted molar refractivity (Wildman–Crippen MR) is 47.7 cm³/mol. The molecule has 1 unspecified atom stereocenters. The Kier molecular flexibility index (Phi) is 4.12. The number of nitrogens with two attached hydrogens (primary N) is 1. The highest BCUT2D eigenvalue weighted by Gasteiger charge is 2.32. The highest BCUT2D eigenvalue weighted by Crippen LogP contribution is 2.24. The summed E-state index contributed by atoms with van der Waals surface area (Å²) in [7, 11) is 0. The Bertz CT molecular complexity index is 205. The summed E-state index contributed by atoms with van der Waals surface area (Å²) in [6.07, 6.45) is -5.90. The minimum atomic E-state index is -4.28. The summed E-state index contributed by atoms with van der Waals surface area (Å²) in [6.45, 7) is 5.18. The quantitative estimate of drug-likeness (QED) is 0.778. The summed E-state index contributed by atoms with van der Waals surface area (Å²) in [5, 5.41) is 0. The Hall–Kier alpha value is -0.580. The van der Waals surface area contributed by atoms with E-state index >= 15 is 0 Å². The maximum absolute atomic E-state index is 11.8. The molecule has 0 aromatic rings. The molecule has 14 heavy (non-hydrogen) atoms. The summed E-state index contributed by atoms with van der Waals surface area (Å²) < 4.78 is 35.3. The van der Waals surface area contributed by atoms with Crippen LogP contribution >= 0.6 is 0 Å². The molecule has 0 bridgehead atoms. The van der Waals surface area contributed by atoms with Gasteiger partial charge in [-0.1, -0.05) is 20.8 Å². The molecule has 0 fully saturated rings. The lowest BCUT2D eigenvalue weighted by Gasteiger charge is -2.25. The van der Waals surface area contributed by atoms with Crippen LogP contribution in [0.2, 0.25) is 0 Å². The molecule has 0 aromatic heterocycles. The van der Waals surface area contributed by atoms with E-state index in [9.17, 15) is 18.0 Å². The lowest BCUT2D eigenvalue weighted by molar-refractivity contribution is -0.144. The van der Waals surface area contributed by atoms with Gasteiger partial charge in [0.05, 0.1) is 12.5 Å². The standard InChI is InChI=1S/C9H16F3NO/c1-8(2,3)7(13)6(14)4-5-9(10,11)12/h7H,4-5,13H2,1-3H3. The zero-order valence-electron chi connectivity index (χ0n) is 8.61. The van der Waals surface area contributed by atoms with Gasteiger partial charge in [-0.15, -0.1) is 0 Å². The molecular weight excluding hydrogens is 195 g/mol. The first-order valence-corrected chi connectivity index (χ1v) is 4.39. The van der Waals surface area contributed by atoms with Crippen molar-refractivity contribution in [3.8, 4) is 0 Å². The molecular formula is C9H16F3NO. The smallest absolute Gasteiger partial charge is 0.321 e. The van der Waals surface area contributed by atoms with Crippen LogP contribution in [0.5, 0.6) is 0 Å². The van der Waals surface area contributed by atoms with Crippen molar-refractivity contribution in [1.82, 2.24) is 0 Å². The third-order valence-electron chi connectivity index (χ3n) is 1.93. The fourth-order valence-electron chi connectivity index (χ4n) is 0.903. The normalized spacial score (nSPS) is 15.4. The first-order chi connectivity index (χ1) is 6.04. The first-order valence-electron chi connectivity index (χ1n) is 4.39. The van der Waals surface area contributed by atoms with Gasteiger partial charge in [-0.05, 0) is 5.41 Å². The maximum atomic E-state index is 11.8. The molecule has 0 radical (unpaired) electrons. The number of ketones is 1. The number of alkyl halides is 3. The van der Waals surface area contributed by atoms with E-state index in [4.69, 9.17) is 5.73 Å². The van der Waals surface area contributed by atoms with E-state index in [1.165, 1.54) is 0 Å². The van der Waals surface area contributed by atoms with E-state index in [-0.39, 0.29) is 0 Å². The third kappa shape index (κ3) is 5.21. The topological polar surface area (TPSA) is 43.1 Å². The van der Waals surface area contributed by atoms with Crippen molar-refractivity contribution < 1.29 is 18.0 Å². The van der Waals surface area contributed by atoms with Crippen LogP contribution < -0.4 is 5.73 Å². The largest absolute Gasteiger partial charge is 0.389 e. The monoisotopic (exact) mass is 211 g/mol. The van der Waals surface area contributed by atoms with Gasteiger partial charge in [0.15, 0.2) is 0 Å². The molecule has 0 rings (SSSR count). The molecule has 0 amide bonds. The summed E-state index contributed by atoms with van der Waals surface area (Å²) >= 11 is 0. The minimum absolute atomic E-state index is 0.483. The molecule has 2 nitrogen and oxygen atoms in total. The molecule has 0 aliphatic heterocycles. The van der Waals surface area contributed by atoms with E-state index in [1.807, 2.05) is 0 Å². The van der Waals surface area contributed by atoms with Crippen molar-refractivity contribution in [2.24, 2.45) is 11.1 Å². The van der Waals surface area contributed by atoms with Crippen LogP contribution in [0.4, 0.5) is 13.2 Å². The van der Waals surface area contributed by atoms with Gasteiger partial charge in [-0.25, -0.2) is 0 Å². The number of halogens is 3. The molecule has 0 aromatic carbocycles. The van der Waals surface area contributed by atoms with Crippen LogP contribution in [0.3, 0.4) is 0 Å². The van der Waals surface area contributed by atoms with Crippen LogP contribution in [0.25, 0.3) is 0 Å². The number of Topliss-reactive ketones (excluding diaryl/α,β-unsaturated/α-hetero) is 1. The fourth-order valence-corrected chi connectivity index (χ4v) is 0.903. The molecule has 0 aliphatic carbocycles. The van der Waals surface area contributed by atoms with Crippen LogP contribution in [-0.2, 0) is 4.79 Å². The highest BCUT2D eigenvalue weighted by atomic mass is 19.4. The third-order valence-corrected chi connectivity index (χ3v) is 1.93. The number of carbonyl (C=O) groups is 1. The Balaban J connectivity index is 4.11. The minimum Gasteiger partial charge on any atom is -0.321 e. The second-order valence-corrected chi connectivity index (χ2v) is 4.43. The maximum Gasteiger partial charge on any atom is 0.389 e. The van der Waals surface area contributed by atoms with E-state index in [2.05, 4.69) is 0 Å². The van der Waals surface area contributed by atoms with Gasteiger partial charge in [0.25, 0.3) is 0 Å². The molecule has 84 valence electrons. The lowest BCUT2D eigenvalue weighted by Crippen LogP contribution is -2.42. The van der Waals surface area contributed by atoms with Crippen LogP contribution in [0, 0.1) is 5.41 Å². The Morgan fingerprint density at radius 1 is 1.29 bits per heavy atom. The van der Waals surface area contributed by atoms with E-state index in [1.54, 1.807) is 20.8 Å². The summed E-state index contributed by atoms with van der Waals surface area (Å²) in [6, 6.07) is -0.829. The number of carbonyl (C=O) groups excluding carboxylic acids is 1. The predicted octanol–water partition coefficient (Wildman–Crippen LogP) is 2.27. The zero-order chi connectivity index (χ0) is 11.6. The van der Waals surface area contributed by atoms with Gasteiger partial charge in [-0.2, -0.15) is 13.2 Å². The Morgan fingerprint density at radius 2 is 1.71 bits per heavy atom. The van der Waals surface area contributed by atoms with Gasteiger partial charge in [0.1, 0.15) is 5.78 Å². The lowest BCUT2D eigenvalue weighted by atomic mass is 9.84. The molecule has 2 N–H and O–H groups in total. The Morgan fingerprint density at radius 3 is 2.00 bits per heavy atom. The first kappa shape index (κ1) is 13.4. The average molecular weight is 211 g/mol. The van der Waals surface area contributed by atoms with E-state index in [0.717, 1.165) is 0 Å². The molecule has 0 spiro atoms. The van der Waals surface area contributed by atoms with E-state index < -0.39 is 36.3 Å². The fraction of sp³-hybridized carbons (Fsp3) is 0.889. The van der Waals surface area contributed by atoms with Crippen molar-refractivity contribution in [3.05, 3.63) is 0 Å². The molecule has 0 saturated heterocycles. The summed E-state index contributed by atoms with van der Waals surface area (Å²) in [5.41, 5.74) is 5.02. The second-order valence-electron chi connectivity index (χ2n) is 4.43. The van der Waals surface area contributed by atoms with Crippen molar-refractivity contribution in [2.75, 3.05) is 0 Å². The average Bonchev–Trinajstić information content (AvgIpc) is 1.95. The van der Waals surface area contributed by atoms with Gasteiger partial charge in [0, 0.05) is 6.42 Å². The molecule has 0 aliphatic rings. The van der Waals surface area contributed by atoms with Gasteiger partial charge in [0.2, 0.25) is 0 Å². The van der Waals surface area contributed by atoms with Gasteiger partial charge >= 0.3 is 6.18 Å². The van der Waals surface area contributed by atoms with Gasteiger partial charge in [-0.3, -0.25) is 4.79 Å². The van der Waals surface area contributed by atoms with E-state index in [0.29, 0.717) is 0 Å². The highest BCUT2D eigenvalue weighted by molar-refractivity contribution is 5.84. The van der Waals surface area contributed by atoms with Crippen LogP contribution in [0.15, 0.2) is 0 Å². The SMILES string of the molecule is CC(C)(C)C(N)C(=O)CCC(F)(F)F. The van der Waals surface area contributed by atoms with Crippen molar-refractivity contribution in [2.45, 2.75) is 45.8 Å².